The van der Waals surface area contributed by atoms with Gasteiger partial charge in [0.2, 0.25) is 0 Å². The standard InChI is InChI=1S/C26H42O9/c1-18-8-10-21(15-31-19(2)27)22(34-20(3)28)14-26(5,33-17-30-7)24-12-13-25(4,32-16-29-6)23(35-24)11-9-18/h8,10,22-24H,9,11-17H2,1-7H3/b18-8+,21-10-/t22-,23-,24+,25+,26-/m1/s1. The van der Waals surface area contributed by atoms with Gasteiger partial charge in [-0.15, -0.1) is 0 Å². The second kappa shape index (κ2) is 13.5. The number of carbonyl (C=O) groups excluding carboxylic acids is 2. The van der Waals surface area contributed by atoms with Gasteiger partial charge >= 0.3 is 11.9 Å². The Kier molecular flexibility index (Phi) is 11.4. The molecular weight excluding hydrogens is 456 g/mol. The summed E-state index contributed by atoms with van der Waals surface area (Å²) in [5.41, 5.74) is 0.420. The van der Waals surface area contributed by atoms with Crippen molar-refractivity contribution in [3.05, 3.63) is 23.3 Å². The van der Waals surface area contributed by atoms with Crippen molar-refractivity contribution >= 4 is 11.9 Å². The summed E-state index contributed by atoms with van der Waals surface area (Å²) in [7, 11) is 3.16. The van der Waals surface area contributed by atoms with Crippen molar-refractivity contribution in [2.75, 3.05) is 34.4 Å². The van der Waals surface area contributed by atoms with Crippen LogP contribution in [0.2, 0.25) is 0 Å². The molecule has 200 valence electrons. The molecule has 0 aromatic heterocycles. The monoisotopic (exact) mass is 498 g/mol. The molecule has 0 N–H and O–H groups in total. The molecule has 5 atom stereocenters. The van der Waals surface area contributed by atoms with Gasteiger partial charge in [0.25, 0.3) is 0 Å². The molecule has 9 nitrogen and oxygen atoms in total. The predicted molar refractivity (Wildman–Crippen MR) is 129 cm³/mol. The lowest BCUT2D eigenvalue weighted by molar-refractivity contribution is -0.268. The number of ether oxygens (including phenoxy) is 7. The third-order valence-corrected chi connectivity index (χ3v) is 6.74. The van der Waals surface area contributed by atoms with E-state index in [0.717, 1.165) is 24.8 Å². The first-order valence-corrected chi connectivity index (χ1v) is 12.1. The van der Waals surface area contributed by atoms with Crippen molar-refractivity contribution < 1.29 is 42.7 Å². The fourth-order valence-electron chi connectivity index (χ4n) is 4.59. The van der Waals surface area contributed by atoms with Crippen LogP contribution in [0.5, 0.6) is 0 Å². The molecule has 0 spiro atoms. The lowest BCUT2D eigenvalue weighted by Crippen LogP contribution is -2.57. The summed E-state index contributed by atoms with van der Waals surface area (Å²) < 4.78 is 40.4. The summed E-state index contributed by atoms with van der Waals surface area (Å²) in [4.78, 5) is 23.6. The minimum atomic E-state index is -0.857. The van der Waals surface area contributed by atoms with Crippen LogP contribution in [0.25, 0.3) is 0 Å². The Balaban J connectivity index is 2.51. The third kappa shape index (κ3) is 8.68. The third-order valence-electron chi connectivity index (χ3n) is 6.74. The molecule has 0 radical (unpaired) electrons. The molecule has 0 saturated carbocycles. The van der Waals surface area contributed by atoms with Gasteiger partial charge in [-0.05, 0) is 46.5 Å². The average molecular weight is 499 g/mol. The second-order valence-corrected chi connectivity index (χ2v) is 9.75. The van der Waals surface area contributed by atoms with E-state index in [4.69, 9.17) is 33.2 Å². The number of rotatable bonds is 9. The Morgan fingerprint density at radius 3 is 2.20 bits per heavy atom. The van der Waals surface area contributed by atoms with Crippen LogP contribution >= 0.6 is 0 Å². The number of esters is 2. The number of allylic oxidation sites excluding steroid dienone is 3. The summed E-state index contributed by atoms with van der Waals surface area (Å²) in [6.45, 7) is 8.99. The maximum Gasteiger partial charge on any atom is 0.303 e. The molecule has 0 aromatic carbocycles. The van der Waals surface area contributed by atoms with Gasteiger partial charge in [-0.25, -0.2) is 0 Å². The summed E-state index contributed by atoms with van der Waals surface area (Å²) in [6.07, 6.45) is 5.89. The number of hydrogen-bond acceptors (Lipinski definition) is 9. The second-order valence-electron chi connectivity index (χ2n) is 9.75. The first-order valence-electron chi connectivity index (χ1n) is 12.1. The maximum atomic E-state index is 12.1. The molecule has 0 unspecified atom stereocenters. The van der Waals surface area contributed by atoms with Gasteiger partial charge < -0.3 is 33.2 Å². The Labute approximate surface area is 209 Å². The Bertz CT molecular complexity index is 777. The minimum absolute atomic E-state index is 0.00843. The summed E-state index contributed by atoms with van der Waals surface area (Å²) in [5.74, 6) is -0.847. The van der Waals surface area contributed by atoms with Gasteiger partial charge in [0, 0.05) is 40.1 Å². The van der Waals surface area contributed by atoms with E-state index in [-0.39, 0.29) is 32.4 Å². The topological polar surface area (TPSA) is 98.8 Å². The molecule has 1 saturated heterocycles. The molecular formula is C26H42O9. The number of fused-ring (bicyclic) bond motifs is 2. The van der Waals surface area contributed by atoms with Crippen molar-refractivity contribution in [1.82, 2.24) is 0 Å². The quantitative estimate of drug-likeness (QED) is 0.347. The first kappa shape index (κ1) is 29.5. The van der Waals surface area contributed by atoms with E-state index >= 15 is 0 Å². The molecule has 0 amide bonds. The Hall–Kier alpha value is -1.78. The van der Waals surface area contributed by atoms with E-state index < -0.39 is 29.2 Å². The van der Waals surface area contributed by atoms with Crippen molar-refractivity contribution in [2.45, 2.75) is 96.2 Å². The van der Waals surface area contributed by atoms with Gasteiger partial charge in [0.1, 0.15) is 26.3 Å². The highest BCUT2D eigenvalue weighted by molar-refractivity contribution is 5.67. The molecule has 1 fully saturated rings. The van der Waals surface area contributed by atoms with Crippen molar-refractivity contribution in [3.8, 4) is 0 Å². The number of methoxy groups -OCH3 is 2. The van der Waals surface area contributed by atoms with E-state index in [9.17, 15) is 9.59 Å². The fraction of sp³-hybridized carbons (Fsp3) is 0.769. The first-order chi connectivity index (χ1) is 16.5. The zero-order chi connectivity index (χ0) is 26.1. The summed E-state index contributed by atoms with van der Waals surface area (Å²) >= 11 is 0. The molecule has 9 heteroatoms. The lowest BCUT2D eigenvalue weighted by Gasteiger charge is -2.49. The average Bonchev–Trinajstić information content (AvgIpc) is 2.79. The zero-order valence-corrected chi connectivity index (χ0v) is 22.2. The predicted octanol–water partition coefficient (Wildman–Crippen LogP) is 3.84. The molecule has 2 aliphatic rings. The molecule has 0 aromatic rings. The van der Waals surface area contributed by atoms with E-state index in [1.165, 1.54) is 13.8 Å². The Morgan fingerprint density at radius 2 is 1.60 bits per heavy atom. The van der Waals surface area contributed by atoms with Crippen LogP contribution in [-0.4, -0.2) is 75.9 Å². The van der Waals surface area contributed by atoms with Crippen molar-refractivity contribution in [1.29, 1.82) is 0 Å². The van der Waals surface area contributed by atoms with Gasteiger partial charge in [-0.2, -0.15) is 0 Å². The van der Waals surface area contributed by atoms with Crippen molar-refractivity contribution in [2.24, 2.45) is 0 Å². The highest BCUT2D eigenvalue weighted by Gasteiger charge is 2.49. The molecule has 0 aliphatic carbocycles. The van der Waals surface area contributed by atoms with E-state index in [2.05, 4.69) is 6.92 Å². The maximum absolute atomic E-state index is 12.1. The van der Waals surface area contributed by atoms with Crippen molar-refractivity contribution in [3.63, 3.8) is 0 Å². The Morgan fingerprint density at radius 1 is 0.971 bits per heavy atom. The van der Waals surface area contributed by atoms with Gasteiger partial charge in [-0.1, -0.05) is 17.7 Å². The molecule has 2 aliphatic heterocycles. The molecule has 2 heterocycles. The highest BCUT2D eigenvalue weighted by atomic mass is 16.7. The number of carbonyl (C=O) groups is 2. The lowest BCUT2D eigenvalue weighted by atomic mass is 9.79. The van der Waals surface area contributed by atoms with Gasteiger partial charge in [0.05, 0.1) is 23.4 Å². The summed E-state index contributed by atoms with van der Waals surface area (Å²) in [6, 6.07) is 0. The minimum Gasteiger partial charge on any atom is -0.461 e. The van der Waals surface area contributed by atoms with Crippen LogP contribution < -0.4 is 0 Å². The van der Waals surface area contributed by atoms with Crippen LogP contribution in [0.1, 0.15) is 66.7 Å². The van der Waals surface area contributed by atoms with Gasteiger partial charge in [0.15, 0.2) is 0 Å². The normalized spacial score (nSPS) is 34.9. The smallest absolute Gasteiger partial charge is 0.303 e. The highest BCUT2D eigenvalue weighted by Crippen LogP contribution is 2.41. The van der Waals surface area contributed by atoms with E-state index in [1.54, 1.807) is 14.2 Å². The van der Waals surface area contributed by atoms with Crippen LogP contribution in [0.4, 0.5) is 0 Å². The fourth-order valence-corrected chi connectivity index (χ4v) is 4.59. The molecule has 2 bridgehead atoms. The van der Waals surface area contributed by atoms with Crippen LogP contribution in [-0.2, 0) is 42.7 Å². The number of hydrogen-bond donors (Lipinski definition) is 0. The van der Waals surface area contributed by atoms with Crippen LogP contribution in [0.3, 0.4) is 0 Å². The van der Waals surface area contributed by atoms with Crippen LogP contribution in [0.15, 0.2) is 23.3 Å². The van der Waals surface area contributed by atoms with E-state index in [1.807, 2.05) is 26.0 Å². The largest absolute Gasteiger partial charge is 0.461 e. The summed E-state index contributed by atoms with van der Waals surface area (Å²) in [5, 5.41) is 0. The molecule has 2 rings (SSSR count). The molecule has 35 heavy (non-hydrogen) atoms. The van der Waals surface area contributed by atoms with Gasteiger partial charge in [-0.3, -0.25) is 9.59 Å². The zero-order valence-electron chi connectivity index (χ0n) is 22.2. The van der Waals surface area contributed by atoms with Crippen LogP contribution in [0, 0.1) is 0 Å². The SMILES string of the molecule is COCO[C@]1(C)C[C@@H](OC(C)=O)/C(COC(C)=O)=C\C=C(/C)CC[C@H]2O[C@H]1CC[C@]2(C)OCOC. The van der Waals surface area contributed by atoms with E-state index in [0.29, 0.717) is 18.4 Å².